The third-order valence-electron chi connectivity index (χ3n) is 4.57. The molecular formula is C22H22N4O3. The molecule has 7 heteroatoms. The van der Waals surface area contributed by atoms with Crippen molar-refractivity contribution >= 4 is 11.6 Å². The number of hydrogen-bond donors (Lipinski definition) is 2. The maximum absolute atomic E-state index is 12.5. The predicted octanol–water partition coefficient (Wildman–Crippen LogP) is 3.05. The summed E-state index contributed by atoms with van der Waals surface area (Å²) in [5.74, 6) is 1.33. The van der Waals surface area contributed by atoms with Crippen molar-refractivity contribution in [2.24, 2.45) is 0 Å². The molecule has 7 nitrogen and oxygen atoms in total. The summed E-state index contributed by atoms with van der Waals surface area (Å²) in [5, 5.41) is 6.32. The number of fused-ring (bicyclic) bond motifs is 1. The molecule has 2 heterocycles. The molecule has 1 atom stereocenters. The van der Waals surface area contributed by atoms with E-state index in [4.69, 9.17) is 9.47 Å². The Balaban J connectivity index is 1.41. The standard InChI is InChI=1S/C22H22N4O3/c1-22(14-28-18-5-3-2-4-6-18)15-29-20-8-7-16(11-19(20)26-22)21(27)25-13-17-12-23-9-10-24-17/h2-12,26H,13-15H2,1H3,(H,25,27). The Bertz CT molecular complexity index is 982. The summed E-state index contributed by atoms with van der Waals surface area (Å²) in [6.07, 6.45) is 4.82. The van der Waals surface area contributed by atoms with E-state index in [0.717, 1.165) is 11.4 Å². The number of ether oxygens (including phenoxy) is 2. The Labute approximate surface area is 169 Å². The monoisotopic (exact) mass is 390 g/mol. The Morgan fingerprint density at radius 3 is 2.90 bits per heavy atom. The van der Waals surface area contributed by atoms with Crippen LogP contribution in [0.15, 0.2) is 67.1 Å². The van der Waals surface area contributed by atoms with Crippen molar-refractivity contribution in [1.82, 2.24) is 15.3 Å². The molecular weight excluding hydrogens is 368 g/mol. The molecule has 148 valence electrons. The van der Waals surface area contributed by atoms with Crippen LogP contribution in [0.3, 0.4) is 0 Å². The predicted molar refractivity (Wildman–Crippen MR) is 109 cm³/mol. The Hall–Kier alpha value is -3.61. The average molecular weight is 390 g/mol. The normalized spacial score (nSPS) is 17.4. The molecule has 2 N–H and O–H groups in total. The van der Waals surface area contributed by atoms with E-state index in [0.29, 0.717) is 36.8 Å². The minimum atomic E-state index is -0.419. The van der Waals surface area contributed by atoms with Gasteiger partial charge in [0.15, 0.2) is 0 Å². The fraction of sp³-hybridized carbons (Fsp3) is 0.227. The van der Waals surface area contributed by atoms with Gasteiger partial charge in [0, 0.05) is 18.0 Å². The van der Waals surface area contributed by atoms with Crippen molar-refractivity contribution < 1.29 is 14.3 Å². The topological polar surface area (TPSA) is 85.4 Å². The molecule has 4 rings (SSSR count). The molecule has 1 aromatic heterocycles. The summed E-state index contributed by atoms with van der Waals surface area (Å²) in [6, 6.07) is 15.0. The van der Waals surface area contributed by atoms with E-state index in [1.54, 1.807) is 36.8 Å². The number of benzene rings is 2. The second-order valence-electron chi connectivity index (χ2n) is 7.17. The van der Waals surface area contributed by atoms with Gasteiger partial charge in [-0.2, -0.15) is 0 Å². The molecule has 0 spiro atoms. The molecule has 3 aromatic rings. The minimum absolute atomic E-state index is 0.187. The van der Waals surface area contributed by atoms with E-state index in [1.165, 1.54) is 0 Å². The molecule has 0 saturated carbocycles. The minimum Gasteiger partial charge on any atom is -0.491 e. The van der Waals surface area contributed by atoms with E-state index in [9.17, 15) is 4.79 Å². The number of anilines is 1. The lowest BCUT2D eigenvalue weighted by Crippen LogP contribution is -2.48. The molecule has 0 bridgehead atoms. The first-order valence-corrected chi connectivity index (χ1v) is 9.37. The zero-order valence-electron chi connectivity index (χ0n) is 16.1. The van der Waals surface area contributed by atoms with Crippen LogP contribution in [0, 0.1) is 0 Å². The molecule has 1 unspecified atom stereocenters. The number of amides is 1. The number of nitrogens with one attached hydrogen (secondary N) is 2. The summed E-state index contributed by atoms with van der Waals surface area (Å²) in [5.41, 5.74) is 1.59. The van der Waals surface area contributed by atoms with Gasteiger partial charge in [0.1, 0.15) is 30.3 Å². The highest BCUT2D eigenvalue weighted by atomic mass is 16.5. The Morgan fingerprint density at radius 2 is 2.10 bits per heavy atom. The van der Waals surface area contributed by atoms with Crippen LogP contribution in [0.25, 0.3) is 0 Å². The summed E-state index contributed by atoms with van der Waals surface area (Å²) in [6.45, 7) is 3.24. The van der Waals surface area contributed by atoms with Gasteiger partial charge in [0.25, 0.3) is 5.91 Å². The highest BCUT2D eigenvalue weighted by Gasteiger charge is 2.32. The quantitative estimate of drug-likeness (QED) is 0.673. The van der Waals surface area contributed by atoms with E-state index >= 15 is 0 Å². The molecule has 0 aliphatic carbocycles. The molecule has 0 fully saturated rings. The van der Waals surface area contributed by atoms with Gasteiger partial charge in [-0.25, -0.2) is 0 Å². The number of aromatic nitrogens is 2. The smallest absolute Gasteiger partial charge is 0.251 e. The van der Waals surface area contributed by atoms with Gasteiger partial charge in [0.05, 0.1) is 24.1 Å². The lowest BCUT2D eigenvalue weighted by molar-refractivity contribution is 0.0950. The van der Waals surface area contributed by atoms with Crippen molar-refractivity contribution in [3.8, 4) is 11.5 Å². The van der Waals surface area contributed by atoms with E-state index < -0.39 is 5.54 Å². The maximum atomic E-state index is 12.5. The van der Waals surface area contributed by atoms with Crippen LogP contribution in [0.5, 0.6) is 11.5 Å². The molecule has 1 aliphatic rings. The summed E-state index contributed by atoms with van der Waals surface area (Å²) in [4.78, 5) is 20.7. The lowest BCUT2D eigenvalue weighted by atomic mass is 10.0. The van der Waals surface area contributed by atoms with Gasteiger partial charge >= 0.3 is 0 Å². The largest absolute Gasteiger partial charge is 0.491 e. The van der Waals surface area contributed by atoms with Crippen LogP contribution >= 0.6 is 0 Å². The van der Waals surface area contributed by atoms with Gasteiger partial charge in [-0.3, -0.25) is 14.8 Å². The van der Waals surface area contributed by atoms with E-state index in [1.807, 2.05) is 37.3 Å². The molecule has 0 saturated heterocycles. The van der Waals surface area contributed by atoms with Crippen LogP contribution < -0.4 is 20.1 Å². The van der Waals surface area contributed by atoms with Crippen molar-refractivity contribution in [3.05, 3.63) is 78.4 Å². The Morgan fingerprint density at radius 1 is 1.24 bits per heavy atom. The molecule has 2 aromatic carbocycles. The van der Waals surface area contributed by atoms with Gasteiger partial charge in [-0.1, -0.05) is 18.2 Å². The number of hydrogen-bond acceptors (Lipinski definition) is 6. The third kappa shape index (κ3) is 4.63. The fourth-order valence-corrected chi connectivity index (χ4v) is 3.02. The van der Waals surface area contributed by atoms with Gasteiger partial charge < -0.3 is 20.1 Å². The zero-order valence-corrected chi connectivity index (χ0v) is 16.1. The molecule has 1 amide bonds. The highest BCUT2D eigenvalue weighted by Crippen LogP contribution is 2.33. The first kappa shape index (κ1) is 18.7. The molecule has 0 radical (unpaired) electrons. The lowest BCUT2D eigenvalue weighted by Gasteiger charge is -2.36. The first-order chi connectivity index (χ1) is 14.1. The fourth-order valence-electron chi connectivity index (χ4n) is 3.02. The first-order valence-electron chi connectivity index (χ1n) is 9.37. The van der Waals surface area contributed by atoms with Gasteiger partial charge in [-0.15, -0.1) is 0 Å². The Kier molecular flexibility index (Phi) is 5.29. The van der Waals surface area contributed by atoms with E-state index in [-0.39, 0.29) is 5.91 Å². The number of nitrogens with zero attached hydrogens (tertiary/aromatic N) is 2. The number of carbonyl (C=O) groups is 1. The van der Waals surface area contributed by atoms with Gasteiger partial charge in [0.2, 0.25) is 0 Å². The third-order valence-corrected chi connectivity index (χ3v) is 4.57. The number of carbonyl (C=O) groups excluding carboxylic acids is 1. The highest BCUT2D eigenvalue weighted by molar-refractivity contribution is 5.95. The van der Waals surface area contributed by atoms with Crippen LogP contribution in [-0.4, -0.2) is 34.6 Å². The van der Waals surface area contributed by atoms with Crippen LogP contribution in [0.1, 0.15) is 23.0 Å². The number of para-hydroxylation sites is 1. The second kappa shape index (κ2) is 8.18. The van der Waals surface area contributed by atoms with E-state index in [2.05, 4.69) is 20.6 Å². The summed E-state index contributed by atoms with van der Waals surface area (Å²) < 4.78 is 11.8. The van der Waals surface area contributed by atoms with Crippen LogP contribution in [0.2, 0.25) is 0 Å². The maximum Gasteiger partial charge on any atom is 0.251 e. The van der Waals surface area contributed by atoms with Crippen molar-refractivity contribution in [1.29, 1.82) is 0 Å². The summed E-state index contributed by atoms with van der Waals surface area (Å²) in [7, 11) is 0. The summed E-state index contributed by atoms with van der Waals surface area (Å²) >= 11 is 0. The van der Waals surface area contributed by atoms with Gasteiger partial charge in [-0.05, 0) is 37.3 Å². The average Bonchev–Trinajstić information content (AvgIpc) is 2.77. The van der Waals surface area contributed by atoms with Crippen molar-refractivity contribution in [3.63, 3.8) is 0 Å². The number of rotatable bonds is 6. The zero-order chi connectivity index (χ0) is 20.1. The van der Waals surface area contributed by atoms with Crippen molar-refractivity contribution in [2.75, 3.05) is 18.5 Å². The molecule has 1 aliphatic heterocycles. The SMILES string of the molecule is CC1(COc2ccccc2)COc2ccc(C(=O)NCc3cnccn3)cc2N1. The second-order valence-corrected chi connectivity index (χ2v) is 7.17. The van der Waals surface area contributed by atoms with Crippen molar-refractivity contribution in [2.45, 2.75) is 19.0 Å². The van der Waals surface area contributed by atoms with Crippen LogP contribution in [-0.2, 0) is 6.54 Å². The van der Waals surface area contributed by atoms with Crippen LogP contribution in [0.4, 0.5) is 5.69 Å². The molecule has 29 heavy (non-hydrogen) atoms.